The van der Waals surface area contributed by atoms with Gasteiger partial charge in [-0.25, -0.2) is 0 Å². The zero-order valence-corrected chi connectivity index (χ0v) is 18.5. The third-order valence-electron chi connectivity index (χ3n) is 6.72. The van der Waals surface area contributed by atoms with Crippen molar-refractivity contribution < 1.29 is 28.3 Å². The lowest BCUT2D eigenvalue weighted by molar-refractivity contribution is -0.171. The van der Waals surface area contributed by atoms with Crippen LogP contribution in [0.4, 0.5) is 0 Å². The molecule has 0 unspecified atom stereocenters. The van der Waals surface area contributed by atoms with E-state index >= 15 is 0 Å². The van der Waals surface area contributed by atoms with E-state index in [1.54, 1.807) is 49.1 Å². The molecule has 0 bridgehead atoms. The standard InChI is InChI=1S/C23H23ClN2O6/c1-3-30-21(28)19-16-12-32-17-7-6-13(24)9-15(17)20(16)26-18(27)11-25(22(29)23(19,26)2)10-14-5-4-8-31-14/h4-9,16,19-20H,3,10-12H2,1-2H3/t16-,19-,20+,23-/m1/s1. The molecule has 1 aromatic heterocycles. The van der Waals surface area contributed by atoms with Crippen molar-refractivity contribution in [1.29, 1.82) is 0 Å². The van der Waals surface area contributed by atoms with E-state index in [-0.39, 0.29) is 38.1 Å². The summed E-state index contributed by atoms with van der Waals surface area (Å²) in [4.78, 5) is 43.6. The molecule has 0 spiro atoms. The number of halogens is 1. The minimum absolute atomic E-state index is 0.107. The first kappa shape index (κ1) is 20.9. The summed E-state index contributed by atoms with van der Waals surface area (Å²) in [7, 11) is 0. The Balaban J connectivity index is 1.62. The molecule has 4 heterocycles. The van der Waals surface area contributed by atoms with E-state index in [1.807, 2.05) is 0 Å². The number of hydrogen-bond acceptors (Lipinski definition) is 6. The lowest BCUT2D eigenvalue weighted by Crippen LogP contribution is -2.67. The van der Waals surface area contributed by atoms with E-state index in [4.69, 9.17) is 25.5 Å². The number of amides is 2. The van der Waals surface area contributed by atoms with Crippen LogP contribution in [-0.2, 0) is 25.7 Å². The summed E-state index contributed by atoms with van der Waals surface area (Å²) in [6.07, 6.45) is 1.52. The summed E-state index contributed by atoms with van der Waals surface area (Å²) < 4.78 is 16.7. The fraction of sp³-hybridized carbons (Fsp3) is 0.435. The van der Waals surface area contributed by atoms with Gasteiger partial charge >= 0.3 is 5.97 Å². The summed E-state index contributed by atoms with van der Waals surface area (Å²) in [5, 5.41) is 0.490. The Bertz CT molecular complexity index is 1090. The fourth-order valence-corrected chi connectivity index (χ4v) is 5.67. The molecule has 0 N–H and O–H groups in total. The van der Waals surface area contributed by atoms with Gasteiger partial charge in [-0.1, -0.05) is 11.6 Å². The largest absolute Gasteiger partial charge is 0.493 e. The number of carbonyl (C=O) groups is 3. The average molecular weight is 459 g/mol. The van der Waals surface area contributed by atoms with Crippen molar-refractivity contribution in [2.75, 3.05) is 19.8 Å². The number of carbonyl (C=O) groups excluding carboxylic acids is 3. The normalized spacial score (nSPS) is 28.7. The summed E-state index contributed by atoms with van der Waals surface area (Å²) in [6, 6.07) is 8.17. The van der Waals surface area contributed by atoms with Crippen molar-refractivity contribution in [2.45, 2.75) is 32.0 Å². The van der Waals surface area contributed by atoms with E-state index in [1.165, 1.54) is 11.2 Å². The highest BCUT2D eigenvalue weighted by molar-refractivity contribution is 6.30. The van der Waals surface area contributed by atoms with Crippen LogP contribution in [0.25, 0.3) is 0 Å². The average Bonchev–Trinajstić information content (AvgIpc) is 3.36. The maximum absolute atomic E-state index is 13.9. The molecule has 0 radical (unpaired) electrons. The number of ether oxygens (including phenoxy) is 2. The van der Waals surface area contributed by atoms with E-state index in [2.05, 4.69) is 0 Å². The Kier molecular flexibility index (Phi) is 4.93. The molecule has 2 aromatic rings. The molecule has 0 aliphatic carbocycles. The second kappa shape index (κ2) is 7.55. The molecule has 3 aliphatic rings. The molecule has 8 nitrogen and oxygen atoms in total. The van der Waals surface area contributed by atoms with Crippen molar-refractivity contribution >= 4 is 29.4 Å². The van der Waals surface area contributed by atoms with Gasteiger partial charge in [0.25, 0.3) is 0 Å². The lowest BCUT2D eigenvalue weighted by Gasteiger charge is -2.46. The number of piperazine rings is 1. The molecule has 4 atom stereocenters. The van der Waals surface area contributed by atoms with Crippen molar-refractivity contribution in [1.82, 2.24) is 9.80 Å². The van der Waals surface area contributed by atoms with Crippen molar-refractivity contribution in [3.05, 3.63) is 52.9 Å². The van der Waals surface area contributed by atoms with Gasteiger partial charge < -0.3 is 23.7 Å². The maximum atomic E-state index is 13.9. The van der Waals surface area contributed by atoms with Gasteiger partial charge in [0, 0.05) is 16.5 Å². The van der Waals surface area contributed by atoms with Crippen LogP contribution in [-0.4, -0.2) is 52.9 Å². The van der Waals surface area contributed by atoms with Crippen LogP contribution < -0.4 is 4.74 Å². The molecule has 0 saturated carbocycles. The van der Waals surface area contributed by atoms with Crippen molar-refractivity contribution in [3.8, 4) is 5.75 Å². The van der Waals surface area contributed by atoms with Gasteiger partial charge in [-0.3, -0.25) is 14.4 Å². The third kappa shape index (κ3) is 2.92. The second-order valence-corrected chi connectivity index (χ2v) is 8.92. The molecule has 3 aliphatic heterocycles. The third-order valence-corrected chi connectivity index (χ3v) is 6.96. The van der Waals surface area contributed by atoms with Gasteiger partial charge in [-0.15, -0.1) is 0 Å². The monoisotopic (exact) mass is 458 g/mol. The summed E-state index contributed by atoms with van der Waals surface area (Å²) in [5.74, 6) is -1.23. The van der Waals surface area contributed by atoms with Crippen LogP contribution in [0.3, 0.4) is 0 Å². The van der Waals surface area contributed by atoms with Gasteiger partial charge in [0.15, 0.2) is 0 Å². The highest BCUT2D eigenvalue weighted by atomic mass is 35.5. The SMILES string of the molecule is CCOC(=O)[C@H]1[C@H]2COc3ccc(Cl)cc3[C@@H]2N2C(=O)CN(Cc3ccco3)C(=O)[C@@]12C. The molecule has 1 aromatic carbocycles. The molecular formula is C23H23ClN2O6. The Morgan fingerprint density at radius 2 is 2.12 bits per heavy atom. The van der Waals surface area contributed by atoms with Gasteiger partial charge in [0.05, 0.1) is 38.0 Å². The van der Waals surface area contributed by atoms with E-state index in [0.29, 0.717) is 22.1 Å². The highest BCUT2D eigenvalue weighted by Gasteiger charge is 2.69. The van der Waals surface area contributed by atoms with Crippen LogP contribution in [0, 0.1) is 11.8 Å². The van der Waals surface area contributed by atoms with Gasteiger partial charge in [0.1, 0.15) is 23.6 Å². The molecule has 32 heavy (non-hydrogen) atoms. The molecule has 2 amide bonds. The van der Waals surface area contributed by atoms with Gasteiger partial charge in [-0.2, -0.15) is 0 Å². The second-order valence-electron chi connectivity index (χ2n) is 8.48. The predicted molar refractivity (Wildman–Crippen MR) is 113 cm³/mol. The molecular weight excluding hydrogens is 436 g/mol. The fourth-order valence-electron chi connectivity index (χ4n) is 5.49. The minimum atomic E-state index is -1.42. The quantitative estimate of drug-likeness (QED) is 0.654. The number of rotatable bonds is 4. The molecule has 5 rings (SSSR count). The summed E-state index contributed by atoms with van der Waals surface area (Å²) in [6.45, 7) is 3.77. The summed E-state index contributed by atoms with van der Waals surface area (Å²) >= 11 is 6.26. The minimum Gasteiger partial charge on any atom is -0.493 e. The Morgan fingerprint density at radius 3 is 2.84 bits per heavy atom. The van der Waals surface area contributed by atoms with Crippen LogP contribution in [0.2, 0.25) is 5.02 Å². The number of fused-ring (bicyclic) bond motifs is 5. The Morgan fingerprint density at radius 1 is 1.31 bits per heavy atom. The highest BCUT2D eigenvalue weighted by Crippen LogP contribution is 2.57. The molecule has 168 valence electrons. The Hall–Kier alpha value is -3.00. The van der Waals surface area contributed by atoms with Crippen LogP contribution in [0.1, 0.15) is 31.2 Å². The first-order chi connectivity index (χ1) is 15.4. The topological polar surface area (TPSA) is 89.3 Å². The number of benzene rings is 1. The van der Waals surface area contributed by atoms with Crippen LogP contribution in [0.15, 0.2) is 41.0 Å². The first-order valence-corrected chi connectivity index (χ1v) is 11.0. The van der Waals surface area contributed by atoms with Gasteiger partial charge in [0.2, 0.25) is 11.8 Å². The first-order valence-electron chi connectivity index (χ1n) is 10.6. The molecule has 9 heteroatoms. The molecule has 2 fully saturated rings. The van der Waals surface area contributed by atoms with E-state index < -0.39 is 29.4 Å². The van der Waals surface area contributed by atoms with Crippen molar-refractivity contribution in [2.24, 2.45) is 11.8 Å². The van der Waals surface area contributed by atoms with Crippen molar-refractivity contribution in [3.63, 3.8) is 0 Å². The van der Waals surface area contributed by atoms with E-state index in [9.17, 15) is 14.4 Å². The van der Waals surface area contributed by atoms with Gasteiger partial charge in [-0.05, 0) is 44.2 Å². The zero-order valence-electron chi connectivity index (χ0n) is 17.7. The molecule has 2 saturated heterocycles. The number of furan rings is 1. The predicted octanol–water partition coefficient (Wildman–Crippen LogP) is 2.81. The lowest BCUT2D eigenvalue weighted by atomic mass is 9.77. The Labute approximate surface area is 190 Å². The number of hydrogen-bond donors (Lipinski definition) is 0. The van der Waals surface area contributed by atoms with Crippen LogP contribution >= 0.6 is 11.6 Å². The number of esters is 1. The van der Waals surface area contributed by atoms with Crippen LogP contribution in [0.5, 0.6) is 5.75 Å². The zero-order chi connectivity index (χ0) is 22.6. The number of nitrogens with zero attached hydrogens (tertiary/aromatic N) is 2. The summed E-state index contributed by atoms with van der Waals surface area (Å²) in [5.41, 5.74) is -0.719. The maximum Gasteiger partial charge on any atom is 0.312 e. The smallest absolute Gasteiger partial charge is 0.312 e. The van der Waals surface area contributed by atoms with E-state index in [0.717, 1.165) is 0 Å².